The van der Waals surface area contributed by atoms with E-state index in [0.717, 1.165) is 29.6 Å². The zero-order valence-electron chi connectivity index (χ0n) is 14.6. The molecule has 1 aliphatic carbocycles. The lowest BCUT2D eigenvalue weighted by atomic mass is 9.89. The molecule has 0 atom stereocenters. The minimum atomic E-state index is 0.108. The van der Waals surface area contributed by atoms with E-state index in [2.05, 4.69) is 21.8 Å². The molecule has 0 unspecified atom stereocenters. The molecule has 0 bridgehead atoms. The van der Waals surface area contributed by atoms with Gasteiger partial charge in [-0.15, -0.1) is 0 Å². The Hall–Kier alpha value is -1.01. The summed E-state index contributed by atoms with van der Waals surface area (Å²) in [5, 5.41) is 3.99. The van der Waals surface area contributed by atoms with Crippen LogP contribution in [-0.4, -0.2) is 41.5 Å². The number of hydrogen-bond donors (Lipinski definition) is 1. The van der Waals surface area contributed by atoms with Crippen LogP contribution in [0.1, 0.15) is 43.5 Å². The third-order valence-corrected chi connectivity index (χ3v) is 5.56. The van der Waals surface area contributed by atoms with Crippen molar-refractivity contribution in [3.8, 4) is 0 Å². The topological polar surface area (TPSA) is 56.1 Å². The van der Waals surface area contributed by atoms with Crippen LogP contribution >= 0.6 is 11.8 Å². The molecule has 5 nitrogen and oxygen atoms in total. The lowest BCUT2D eigenvalue weighted by molar-refractivity contribution is -0.118. The van der Waals surface area contributed by atoms with E-state index < -0.39 is 0 Å². The summed E-state index contributed by atoms with van der Waals surface area (Å²) in [5.74, 6) is 1.21. The lowest BCUT2D eigenvalue weighted by Gasteiger charge is -2.21. The third-order valence-electron chi connectivity index (χ3n) is 4.59. The smallest absolute Gasteiger partial charge is 0.230 e. The first-order chi connectivity index (χ1) is 11.1. The zero-order valence-corrected chi connectivity index (χ0v) is 15.4. The average Bonchev–Trinajstić information content (AvgIpc) is 2.84. The first-order valence-electron chi connectivity index (χ1n) is 8.54. The van der Waals surface area contributed by atoms with Gasteiger partial charge in [-0.05, 0) is 32.6 Å². The van der Waals surface area contributed by atoms with Gasteiger partial charge in [-0.3, -0.25) is 4.79 Å². The van der Waals surface area contributed by atoms with E-state index >= 15 is 0 Å². The van der Waals surface area contributed by atoms with Gasteiger partial charge in [0.2, 0.25) is 5.91 Å². The molecule has 130 valence electrons. The second-order valence-corrected chi connectivity index (χ2v) is 7.25. The van der Waals surface area contributed by atoms with E-state index in [9.17, 15) is 4.79 Å². The summed E-state index contributed by atoms with van der Waals surface area (Å²) in [5.41, 5.74) is 2.17. The number of thioether (sulfide) groups is 1. The Morgan fingerprint density at radius 2 is 2.09 bits per heavy atom. The highest BCUT2D eigenvalue weighted by atomic mass is 32.2. The number of aryl methyl sites for hydroxylation is 1. The summed E-state index contributed by atoms with van der Waals surface area (Å²) in [6, 6.07) is 0. The molecule has 1 aromatic heterocycles. The number of amides is 1. The number of methoxy groups -OCH3 is 1. The van der Waals surface area contributed by atoms with Gasteiger partial charge in [-0.25, -0.2) is 4.98 Å². The summed E-state index contributed by atoms with van der Waals surface area (Å²) in [6.45, 7) is 6.32. The summed E-state index contributed by atoms with van der Waals surface area (Å²) in [4.78, 5) is 16.7. The van der Waals surface area contributed by atoms with Gasteiger partial charge in [0.15, 0.2) is 5.16 Å². The summed E-state index contributed by atoms with van der Waals surface area (Å²) in [6.07, 6.45) is 6.49. The molecule has 0 saturated heterocycles. The second kappa shape index (κ2) is 9.33. The van der Waals surface area contributed by atoms with Gasteiger partial charge in [0.25, 0.3) is 0 Å². The van der Waals surface area contributed by atoms with Crippen molar-refractivity contribution in [3.05, 3.63) is 11.4 Å². The Kier molecular flexibility index (Phi) is 7.43. The van der Waals surface area contributed by atoms with E-state index in [0.29, 0.717) is 18.3 Å². The number of ether oxygens (including phenoxy) is 1. The van der Waals surface area contributed by atoms with Crippen molar-refractivity contribution in [2.75, 3.05) is 26.0 Å². The van der Waals surface area contributed by atoms with Crippen LogP contribution in [0.5, 0.6) is 0 Å². The highest BCUT2D eigenvalue weighted by molar-refractivity contribution is 7.99. The van der Waals surface area contributed by atoms with E-state index in [-0.39, 0.29) is 5.91 Å². The first kappa shape index (κ1) is 18.3. The van der Waals surface area contributed by atoms with Crippen molar-refractivity contribution in [1.82, 2.24) is 14.9 Å². The molecule has 1 fully saturated rings. The van der Waals surface area contributed by atoms with Crippen LogP contribution in [0.4, 0.5) is 0 Å². The number of hydrogen-bond acceptors (Lipinski definition) is 4. The molecule has 0 radical (unpaired) electrons. The number of nitrogens with one attached hydrogen (secondary N) is 1. The summed E-state index contributed by atoms with van der Waals surface area (Å²) in [7, 11) is 1.70. The van der Waals surface area contributed by atoms with Crippen LogP contribution in [-0.2, 0) is 16.1 Å². The Labute approximate surface area is 143 Å². The first-order valence-corrected chi connectivity index (χ1v) is 9.52. The molecule has 0 spiro atoms. The molecule has 6 heteroatoms. The second-order valence-electron chi connectivity index (χ2n) is 6.31. The van der Waals surface area contributed by atoms with Crippen LogP contribution in [0.25, 0.3) is 0 Å². The van der Waals surface area contributed by atoms with Crippen molar-refractivity contribution < 1.29 is 9.53 Å². The number of aromatic nitrogens is 2. The predicted molar refractivity (Wildman–Crippen MR) is 93.9 cm³/mol. The Balaban J connectivity index is 1.80. The van der Waals surface area contributed by atoms with Gasteiger partial charge in [-0.2, -0.15) is 0 Å². The highest BCUT2D eigenvalue weighted by Gasteiger charge is 2.16. The van der Waals surface area contributed by atoms with Gasteiger partial charge in [-0.1, -0.05) is 31.0 Å². The summed E-state index contributed by atoms with van der Waals surface area (Å²) < 4.78 is 7.30. The zero-order chi connectivity index (χ0) is 16.7. The molecule has 1 aromatic rings. The van der Waals surface area contributed by atoms with E-state index in [1.165, 1.54) is 43.9 Å². The maximum Gasteiger partial charge on any atom is 0.230 e. The van der Waals surface area contributed by atoms with Gasteiger partial charge in [0.05, 0.1) is 18.1 Å². The van der Waals surface area contributed by atoms with Crippen LogP contribution in [0.2, 0.25) is 0 Å². The minimum Gasteiger partial charge on any atom is -0.383 e. The van der Waals surface area contributed by atoms with Gasteiger partial charge < -0.3 is 14.6 Å². The fraction of sp³-hybridized carbons (Fsp3) is 0.765. The standard InChI is InChI=1S/C17H29N3O2S/c1-13-14(2)20(9-10-22-3)17(19-13)23-12-16(21)18-11-15-7-5-4-6-8-15/h15H,4-12H2,1-3H3,(H,18,21). The largest absolute Gasteiger partial charge is 0.383 e. The van der Waals surface area contributed by atoms with E-state index in [1.807, 2.05) is 6.92 Å². The molecular weight excluding hydrogens is 310 g/mol. The lowest BCUT2D eigenvalue weighted by Crippen LogP contribution is -2.31. The fourth-order valence-corrected chi connectivity index (χ4v) is 3.96. The minimum absolute atomic E-state index is 0.108. The molecule has 1 heterocycles. The van der Waals surface area contributed by atoms with Gasteiger partial charge in [0, 0.05) is 25.9 Å². The average molecular weight is 340 g/mol. The maximum absolute atomic E-state index is 12.1. The predicted octanol–water partition coefficient (Wildman–Crippen LogP) is 2.93. The van der Waals surface area contributed by atoms with Crippen molar-refractivity contribution in [1.29, 1.82) is 0 Å². The number of carbonyl (C=O) groups is 1. The molecule has 1 aliphatic rings. The van der Waals surface area contributed by atoms with Crippen molar-refractivity contribution in [2.24, 2.45) is 5.92 Å². The fourth-order valence-electron chi connectivity index (χ4n) is 3.01. The number of nitrogens with zero attached hydrogens (tertiary/aromatic N) is 2. The Morgan fingerprint density at radius 3 is 2.78 bits per heavy atom. The monoisotopic (exact) mass is 339 g/mol. The van der Waals surface area contributed by atoms with E-state index in [1.54, 1.807) is 7.11 Å². The van der Waals surface area contributed by atoms with Crippen molar-refractivity contribution in [3.63, 3.8) is 0 Å². The van der Waals surface area contributed by atoms with Crippen LogP contribution in [0.15, 0.2) is 5.16 Å². The van der Waals surface area contributed by atoms with Crippen LogP contribution in [0, 0.1) is 19.8 Å². The third kappa shape index (κ3) is 5.53. The number of carbonyl (C=O) groups excluding carboxylic acids is 1. The van der Waals surface area contributed by atoms with Gasteiger partial charge in [0.1, 0.15) is 0 Å². The highest BCUT2D eigenvalue weighted by Crippen LogP contribution is 2.23. The molecule has 2 rings (SSSR count). The molecule has 0 aliphatic heterocycles. The normalized spacial score (nSPS) is 15.8. The van der Waals surface area contributed by atoms with E-state index in [4.69, 9.17) is 4.74 Å². The maximum atomic E-state index is 12.1. The summed E-state index contributed by atoms with van der Waals surface area (Å²) >= 11 is 1.51. The molecular formula is C17H29N3O2S. The molecule has 23 heavy (non-hydrogen) atoms. The van der Waals surface area contributed by atoms with Crippen LogP contribution in [0.3, 0.4) is 0 Å². The van der Waals surface area contributed by atoms with Gasteiger partial charge >= 0.3 is 0 Å². The van der Waals surface area contributed by atoms with Crippen LogP contribution < -0.4 is 5.32 Å². The number of imidazole rings is 1. The Bertz CT molecular complexity index is 510. The molecule has 1 amide bonds. The molecule has 1 saturated carbocycles. The quantitative estimate of drug-likeness (QED) is 0.740. The SMILES string of the molecule is COCCn1c(SCC(=O)NCC2CCCCC2)nc(C)c1C. The number of rotatable bonds is 8. The molecule has 0 aromatic carbocycles. The molecule has 1 N–H and O–H groups in total. The van der Waals surface area contributed by atoms with Crippen molar-refractivity contribution in [2.45, 2.75) is 57.7 Å². The Morgan fingerprint density at radius 1 is 1.35 bits per heavy atom. The van der Waals surface area contributed by atoms with Crippen molar-refractivity contribution >= 4 is 17.7 Å².